The second-order valence-corrected chi connectivity index (χ2v) is 15.7. The lowest BCUT2D eigenvalue weighted by Gasteiger charge is -2.40. The topological polar surface area (TPSA) is 127 Å². The standard InChI is InChI=1S/C29H34BrFN4O6S2/c1-29(2,3)41-27(36)17-14-18(15-17)43(38,39)35-11-8-16(9-12-35)23-21(28(37)40-4)24(19-6-5-7-20(31)22(19)30)34-25(33-23)26-32-10-13-42-26/h5-7,10,13,16-18,24H,8-9,11-12,14-15H2,1-4H3,(H,33,34)/t17-,18-,24?. The highest BCUT2D eigenvalue weighted by molar-refractivity contribution is 9.10. The van der Waals surface area contributed by atoms with Gasteiger partial charge in [-0.15, -0.1) is 11.3 Å². The molecule has 2 aromatic rings. The molecule has 1 N–H and O–H groups in total. The van der Waals surface area contributed by atoms with Crippen molar-refractivity contribution in [2.45, 2.75) is 63.3 Å². The van der Waals surface area contributed by atoms with Crippen molar-refractivity contribution < 1.29 is 31.9 Å². The maximum Gasteiger partial charge on any atom is 0.338 e. The Morgan fingerprint density at radius 2 is 1.88 bits per heavy atom. The fraction of sp³-hybridized carbons (Fsp3) is 0.517. The second-order valence-electron chi connectivity index (χ2n) is 11.8. The van der Waals surface area contributed by atoms with Crippen LogP contribution in [0.4, 0.5) is 4.39 Å². The van der Waals surface area contributed by atoms with E-state index in [-0.39, 0.29) is 47.9 Å². The average molecular weight is 698 g/mol. The number of carbonyl (C=O) groups is 2. The summed E-state index contributed by atoms with van der Waals surface area (Å²) in [6.07, 6.45) is 3.01. The zero-order valence-corrected chi connectivity index (χ0v) is 27.5. The molecule has 5 rings (SSSR count). The minimum absolute atomic E-state index is 0.191. The Morgan fingerprint density at radius 1 is 1.19 bits per heavy atom. The van der Waals surface area contributed by atoms with Gasteiger partial charge in [0, 0.05) is 36.3 Å². The van der Waals surface area contributed by atoms with Crippen molar-refractivity contribution in [3.05, 3.63) is 61.9 Å². The van der Waals surface area contributed by atoms with Crippen molar-refractivity contribution in [3.8, 4) is 0 Å². The summed E-state index contributed by atoms with van der Waals surface area (Å²) < 4.78 is 53.8. The molecule has 0 amide bonds. The number of rotatable bonds is 7. The molecule has 2 aliphatic heterocycles. The van der Waals surface area contributed by atoms with Gasteiger partial charge in [0.15, 0.2) is 10.8 Å². The minimum Gasteiger partial charge on any atom is -0.466 e. The van der Waals surface area contributed by atoms with E-state index in [2.05, 4.69) is 26.2 Å². The normalized spacial score (nSPS) is 23.7. The molecule has 43 heavy (non-hydrogen) atoms. The molecule has 1 saturated carbocycles. The summed E-state index contributed by atoms with van der Waals surface area (Å²) in [6, 6.07) is 3.69. The Balaban J connectivity index is 1.38. The highest BCUT2D eigenvalue weighted by atomic mass is 79.9. The molecule has 0 spiro atoms. The van der Waals surface area contributed by atoms with Gasteiger partial charge in [0.1, 0.15) is 17.5 Å². The molecule has 1 aliphatic carbocycles. The molecular weight excluding hydrogens is 663 g/mol. The number of halogens is 2. The summed E-state index contributed by atoms with van der Waals surface area (Å²) in [6.45, 7) is 5.86. The zero-order chi connectivity index (χ0) is 31.1. The van der Waals surface area contributed by atoms with Crippen LogP contribution in [-0.2, 0) is 29.1 Å². The Kier molecular flexibility index (Phi) is 9.13. The van der Waals surface area contributed by atoms with E-state index in [0.717, 1.165) is 0 Å². The van der Waals surface area contributed by atoms with Crippen molar-refractivity contribution in [1.82, 2.24) is 14.6 Å². The summed E-state index contributed by atoms with van der Waals surface area (Å²) in [4.78, 5) is 34.8. The minimum atomic E-state index is -3.62. The summed E-state index contributed by atoms with van der Waals surface area (Å²) in [5.41, 5.74) is 0.647. The first-order valence-electron chi connectivity index (χ1n) is 14.0. The van der Waals surface area contributed by atoms with E-state index in [9.17, 15) is 22.4 Å². The molecule has 1 aromatic heterocycles. The fourth-order valence-corrected chi connectivity index (χ4v) is 8.78. The Labute approximate surface area is 262 Å². The predicted molar refractivity (Wildman–Crippen MR) is 163 cm³/mol. The van der Waals surface area contributed by atoms with Crippen LogP contribution in [0.5, 0.6) is 0 Å². The summed E-state index contributed by atoms with van der Waals surface area (Å²) in [5.74, 6) is -1.66. The number of allylic oxidation sites excluding steroid dienone is 1. The molecule has 1 aromatic carbocycles. The predicted octanol–water partition coefficient (Wildman–Crippen LogP) is 4.73. The molecule has 10 nitrogen and oxygen atoms in total. The molecule has 1 saturated heterocycles. The van der Waals surface area contributed by atoms with Crippen molar-refractivity contribution in [2.75, 3.05) is 20.2 Å². The van der Waals surface area contributed by atoms with Gasteiger partial charge in [-0.25, -0.2) is 26.9 Å². The highest BCUT2D eigenvalue weighted by Crippen LogP contribution is 2.42. The van der Waals surface area contributed by atoms with Crippen LogP contribution in [-0.4, -0.2) is 66.5 Å². The SMILES string of the molecule is COC(=O)C1=C(C2CCN(S(=O)(=O)[C@H]3C[C@H](C(=O)OC(C)(C)C)C3)CC2)NC(c2nccs2)=NC1c1cccc(F)c1Br. The van der Waals surface area contributed by atoms with Gasteiger partial charge in [-0.3, -0.25) is 9.79 Å². The Hall–Kier alpha value is -2.68. The van der Waals surface area contributed by atoms with Crippen molar-refractivity contribution in [3.63, 3.8) is 0 Å². The molecule has 14 heteroatoms. The van der Waals surface area contributed by atoms with Gasteiger partial charge in [0.05, 0.1) is 28.3 Å². The van der Waals surface area contributed by atoms with Gasteiger partial charge in [-0.1, -0.05) is 12.1 Å². The number of hydrogen-bond acceptors (Lipinski definition) is 10. The number of piperidine rings is 1. The number of hydrogen-bond donors (Lipinski definition) is 1. The summed E-state index contributed by atoms with van der Waals surface area (Å²) in [7, 11) is -2.34. The number of ether oxygens (including phenoxy) is 2. The van der Waals surface area contributed by atoms with Gasteiger partial charge in [-0.05, 0) is 74.0 Å². The zero-order valence-electron chi connectivity index (χ0n) is 24.3. The molecule has 1 unspecified atom stereocenters. The van der Waals surface area contributed by atoms with Crippen LogP contribution in [0, 0.1) is 17.7 Å². The third-order valence-electron chi connectivity index (χ3n) is 7.87. The molecule has 232 valence electrons. The molecule has 0 bridgehead atoms. The van der Waals surface area contributed by atoms with Crippen molar-refractivity contribution >= 4 is 55.1 Å². The van der Waals surface area contributed by atoms with Crippen LogP contribution in [0.1, 0.15) is 63.1 Å². The number of methoxy groups -OCH3 is 1. The third kappa shape index (κ3) is 6.57. The number of nitrogens with one attached hydrogen (secondary N) is 1. The number of sulfonamides is 1. The van der Waals surface area contributed by atoms with Crippen LogP contribution in [0.15, 0.2) is 50.5 Å². The maximum absolute atomic E-state index is 14.6. The van der Waals surface area contributed by atoms with Gasteiger partial charge in [0.25, 0.3) is 0 Å². The van der Waals surface area contributed by atoms with Gasteiger partial charge in [0.2, 0.25) is 10.0 Å². The molecular formula is C29H34BrFN4O6S2. The monoisotopic (exact) mass is 696 g/mol. The molecule has 1 atom stereocenters. The van der Waals surface area contributed by atoms with Crippen LogP contribution in [0.2, 0.25) is 0 Å². The number of aromatic nitrogens is 1. The number of aliphatic imine (C=N–C) groups is 1. The average Bonchev–Trinajstić information content (AvgIpc) is 3.47. The number of benzene rings is 1. The lowest BCUT2D eigenvalue weighted by Crippen LogP contribution is -2.50. The van der Waals surface area contributed by atoms with Gasteiger partial charge in [-0.2, -0.15) is 0 Å². The van der Waals surface area contributed by atoms with Crippen LogP contribution in [0.25, 0.3) is 0 Å². The van der Waals surface area contributed by atoms with E-state index >= 15 is 0 Å². The van der Waals surface area contributed by atoms with Crippen molar-refractivity contribution in [1.29, 1.82) is 0 Å². The molecule has 2 fully saturated rings. The van der Waals surface area contributed by atoms with Crippen LogP contribution < -0.4 is 5.32 Å². The second kappa shape index (κ2) is 12.4. The number of amidine groups is 1. The van der Waals surface area contributed by atoms with Crippen LogP contribution in [0.3, 0.4) is 0 Å². The van der Waals surface area contributed by atoms with E-state index in [1.54, 1.807) is 39.1 Å². The van der Waals surface area contributed by atoms with E-state index < -0.39 is 44.6 Å². The number of esters is 2. The lowest BCUT2D eigenvalue weighted by molar-refractivity contribution is -0.162. The number of carbonyl (C=O) groups excluding carboxylic acids is 2. The number of nitrogens with zero attached hydrogens (tertiary/aromatic N) is 3. The van der Waals surface area contributed by atoms with E-state index in [1.807, 2.05) is 5.38 Å². The fourth-order valence-electron chi connectivity index (χ4n) is 5.62. The van der Waals surface area contributed by atoms with Crippen molar-refractivity contribution in [2.24, 2.45) is 16.8 Å². The van der Waals surface area contributed by atoms with E-state index in [0.29, 0.717) is 34.9 Å². The first kappa shape index (κ1) is 31.7. The van der Waals surface area contributed by atoms with E-state index in [1.165, 1.54) is 28.8 Å². The third-order valence-corrected chi connectivity index (χ3v) is 11.8. The Morgan fingerprint density at radius 3 is 2.49 bits per heavy atom. The summed E-state index contributed by atoms with van der Waals surface area (Å²) >= 11 is 4.70. The highest BCUT2D eigenvalue weighted by Gasteiger charge is 2.47. The van der Waals surface area contributed by atoms with E-state index in [4.69, 9.17) is 14.5 Å². The summed E-state index contributed by atoms with van der Waals surface area (Å²) in [5, 5.41) is 5.09. The molecule has 3 heterocycles. The van der Waals surface area contributed by atoms with Crippen LogP contribution >= 0.6 is 27.3 Å². The number of thiazole rings is 1. The Bertz CT molecular complexity index is 1560. The molecule has 3 aliphatic rings. The largest absolute Gasteiger partial charge is 0.466 e. The first-order chi connectivity index (χ1) is 20.3. The maximum atomic E-state index is 14.6. The lowest BCUT2D eigenvalue weighted by atomic mass is 9.85. The first-order valence-corrected chi connectivity index (χ1v) is 17.2. The van der Waals surface area contributed by atoms with Gasteiger partial charge >= 0.3 is 11.9 Å². The smallest absolute Gasteiger partial charge is 0.338 e. The van der Waals surface area contributed by atoms with Gasteiger partial charge < -0.3 is 14.8 Å². The quantitative estimate of drug-likeness (QED) is 0.412. The molecule has 0 radical (unpaired) electrons.